The average molecular weight is 828 g/mol. The molecule has 0 aromatic carbocycles. The van der Waals surface area contributed by atoms with Crippen LogP contribution in [0.1, 0.15) is 264 Å². The maximum Gasteiger partial charge on any atom is 0.222 e. The molecule has 0 aliphatic heterocycles. The standard InChI is InChI=1S/C54H101NO4/c1-3-5-7-9-11-13-15-17-19-20-21-22-23-24-25-26-27-28-29-30-31-32-34-35-37-39-41-43-45-47-51(57)49-54(59)55-52(50-56)53(58)48-46-44-42-40-38-36-33-18-16-14-12-10-8-6-4-2/h21-22,24-25,38,40,46,48,51-53,56-58H,3-20,23,26-37,39,41-45,47,49-50H2,1-2H3,(H,55,59)/b22-21-,25-24-,40-38+,48-46+. The number of nitrogens with one attached hydrogen (secondary N) is 1. The Labute approximate surface area is 367 Å². The van der Waals surface area contributed by atoms with Crippen molar-refractivity contribution in [1.29, 1.82) is 0 Å². The Hall–Kier alpha value is -1.69. The van der Waals surface area contributed by atoms with Crippen molar-refractivity contribution in [3.05, 3.63) is 48.6 Å². The first kappa shape index (κ1) is 57.3. The van der Waals surface area contributed by atoms with Gasteiger partial charge in [-0.3, -0.25) is 4.79 Å². The number of aliphatic hydroxyl groups is 3. The quantitative estimate of drug-likeness (QED) is 0.0363. The summed E-state index contributed by atoms with van der Waals surface area (Å²) in [6.07, 6.45) is 64.3. The smallest absolute Gasteiger partial charge is 0.222 e. The van der Waals surface area contributed by atoms with Crippen molar-refractivity contribution in [1.82, 2.24) is 5.32 Å². The molecular formula is C54H101NO4. The zero-order valence-electron chi connectivity index (χ0n) is 39.4. The maximum absolute atomic E-state index is 12.5. The van der Waals surface area contributed by atoms with E-state index in [9.17, 15) is 20.1 Å². The van der Waals surface area contributed by atoms with Crippen LogP contribution in [-0.2, 0) is 4.79 Å². The van der Waals surface area contributed by atoms with Gasteiger partial charge in [0.25, 0.3) is 0 Å². The van der Waals surface area contributed by atoms with Gasteiger partial charge in [-0.05, 0) is 64.2 Å². The number of allylic oxidation sites excluding steroid dienone is 7. The summed E-state index contributed by atoms with van der Waals surface area (Å²) in [5.41, 5.74) is 0. The third-order valence-corrected chi connectivity index (χ3v) is 11.8. The van der Waals surface area contributed by atoms with Crippen LogP contribution in [0.3, 0.4) is 0 Å². The van der Waals surface area contributed by atoms with Gasteiger partial charge in [0.15, 0.2) is 0 Å². The molecule has 0 saturated carbocycles. The Balaban J connectivity index is 3.59. The van der Waals surface area contributed by atoms with E-state index in [-0.39, 0.29) is 18.9 Å². The highest BCUT2D eigenvalue weighted by Gasteiger charge is 2.20. The van der Waals surface area contributed by atoms with Crippen molar-refractivity contribution < 1.29 is 20.1 Å². The van der Waals surface area contributed by atoms with Crippen LogP contribution in [0.25, 0.3) is 0 Å². The summed E-state index contributed by atoms with van der Waals surface area (Å²) in [7, 11) is 0. The van der Waals surface area contributed by atoms with Crippen molar-refractivity contribution in [3.63, 3.8) is 0 Å². The number of amides is 1. The topological polar surface area (TPSA) is 89.8 Å². The Bertz CT molecular complexity index is 958. The van der Waals surface area contributed by atoms with Crippen LogP contribution in [0.2, 0.25) is 0 Å². The molecule has 0 rings (SSSR count). The number of hydrogen-bond donors (Lipinski definition) is 4. The first-order valence-electron chi connectivity index (χ1n) is 25.9. The molecule has 0 spiro atoms. The predicted molar refractivity (Wildman–Crippen MR) is 259 cm³/mol. The predicted octanol–water partition coefficient (Wildman–Crippen LogP) is 15.7. The highest BCUT2D eigenvalue weighted by Crippen LogP contribution is 2.16. The summed E-state index contributed by atoms with van der Waals surface area (Å²) >= 11 is 0. The van der Waals surface area contributed by atoms with Gasteiger partial charge in [0.05, 0.1) is 31.3 Å². The van der Waals surface area contributed by atoms with E-state index in [4.69, 9.17) is 0 Å². The first-order valence-corrected chi connectivity index (χ1v) is 25.9. The largest absolute Gasteiger partial charge is 0.394 e. The molecule has 59 heavy (non-hydrogen) atoms. The summed E-state index contributed by atoms with van der Waals surface area (Å²) in [5.74, 6) is -0.325. The molecule has 0 fully saturated rings. The minimum atomic E-state index is -0.952. The molecular weight excluding hydrogens is 727 g/mol. The van der Waals surface area contributed by atoms with Gasteiger partial charge in [0, 0.05) is 0 Å². The highest BCUT2D eigenvalue weighted by atomic mass is 16.3. The molecule has 0 bridgehead atoms. The fourth-order valence-electron chi connectivity index (χ4n) is 7.86. The number of unbranched alkanes of at least 4 members (excludes halogenated alkanes) is 32. The molecule has 0 saturated heterocycles. The van der Waals surface area contributed by atoms with Crippen LogP contribution in [0, 0.1) is 0 Å². The summed E-state index contributed by atoms with van der Waals surface area (Å²) in [6.45, 7) is 4.21. The number of aliphatic hydroxyl groups excluding tert-OH is 3. The van der Waals surface area contributed by atoms with Gasteiger partial charge in [-0.1, -0.05) is 242 Å². The van der Waals surface area contributed by atoms with E-state index in [1.165, 1.54) is 199 Å². The molecule has 0 radical (unpaired) electrons. The summed E-state index contributed by atoms with van der Waals surface area (Å²) < 4.78 is 0. The molecule has 3 unspecified atom stereocenters. The number of hydrogen-bond acceptors (Lipinski definition) is 4. The van der Waals surface area contributed by atoms with Gasteiger partial charge in [0.1, 0.15) is 0 Å². The lowest BCUT2D eigenvalue weighted by Crippen LogP contribution is -2.45. The molecule has 5 nitrogen and oxygen atoms in total. The Kier molecular flexibility index (Phi) is 47.6. The van der Waals surface area contributed by atoms with E-state index in [0.717, 1.165) is 38.5 Å². The van der Waals surface area contributed by atoms with Gasteiger partial charge in [0.2, 0.25) is 5.91 Å². The third-order valence-electron chi connectivity index (χ3n) is 11.8. The average Bonchev–Trinajstić information content (AvgIpc) is 3.23. The fourth-order valence-corrected chi connectivity index (χ4v) is 7.86. The molecule has 0 heterocycles. The van der Waals surface area contributed by atoms with Crippen LogP contribution in [0.5, 0.6) is 0 Å². The highest BCUT2D eigenvalue weighted by molar-refractivity contribution is 5.76. The lowest BCUT2D eigenvalue weighted by molar-refractivity contribution is -0.124. The second-order valence-corrected chi connectivity index (χ2v) is 17.8. The van der Waals surface area contributed by atoms with Crippen molar-refractivity contribution in [2.45, 2.75) is 283 Å². The second-order valence-electron chi connectivity index (χ2n) is 17.8. The van der Waals surface area contributed by atoms with Crippen molar-refractivity contribution in [2.75, 3.05) is 6.61 Å². The molecule has 0 aromatic heterocycles. The molecule has 0 aromatic rings. The first-order chi connectivity index (χ1) is 29.0. The zero-order valence-corrected chi connectivity index (χ0v) is 39.4. The van der Waals surface area contributed by atoms with Gasteiger partial charge in [-0.25, -0.2) is 0 Å². The van der Waals surface area contributed by atoms with E-state index in [1.807, 2.05) is 6.08 Å². The minimum absolute atomic E-state index is 0.00505. The van der Waals surface area contributed by atoms with Gasteiger partial charge < -0.3 is 20.6 Å². The third kappa shape index (κ3) is 45.7. The van der Waals surface area contributed by atoms with Crippen LogP contribution >= 0.6 is 0 Å². The van der Waals surface area contributed by atoms with Gasteiger partial charge >= 0.3 is 0 Å². The number of carbonyl (C=O) groups is 1. The van der Waals surface area contributed by atoms with Crippen LogP contribution < -0.4 is 5.32 Å². The summed E-state index contributed by atoms with van der Waals surface area (Å²) in [4.78, 5) is 12.5. The Morgan fingerprint density at radius 1 is 0.441 bits per heavy atom. The summed E-state index contributed by atoms with van der Waals surface area (Å²) in [6, 6.07) is -0.762. The van der Waals surface area contributed by atoms with Crippen molar-refractivity contribution >= 4 is 5.91 Å². The molecule has 4 N–H and O–H groups in total. The monoisotopic (exact) mass is 828 g/mol. The number of rotatable bonds is 47. The Morgan fingerprint density at radius 2 is 0.780 bits per heavy atom. The van der Waals surface area contributed by atoms with Crippen LogP contribution in [0.4, 0.5) is 0 Å². The van der Waals surface area contributed by atoms with E-state index in [2.05, 4.69) is 55.6 Å². The van der Waals surface area contributed by atoms with Crippen molar-refractivity contribution in [3.8, 4) is 0 Å². The van der Waals surface area contributed by atoms with Crippen molar-refractivity contribution in [2.24, 2.45) is 0 Å². The van der Waals surface area contributed by atoms with Gasteiger partial charge in [-0.15, -0.1) is 0 Å². The van der Waals surface area contributed by atoms with E-state index >= 15 is 0 Å². The molecule has 5 heteroatoms. The van der Waals surface area contributed by atoms with E-state index in [0.29, 0.717) is 6.42 Å². The fraction of sp³-hybridized carbons (Fsp3) is 0.833. The second kappa shape index (κ2) is 49.0. The lowest BCUT2D eigenvalue weighted by Gasteiger charge is -2.21. The SMILES string of the molecule is CCCCCCCCCCC/C=C\C/C=C\CCCCCCCCCCCCCCCC(O)CC(=O)NC(CO)C(O)/C=C/CC/C=C/CCCCCCCCCCC. The van der Waals surface area contributed by atoms with Crippen LogP contribution in [0.15, 0.2) is 48.6 Å². The normalized spacial score (nSPS) is 13.8. The molecule has 346 valence electrons. The zero-order chi connectivity index (χ0) is 43.0. The Morgan fingerprint density at radius 3 is 1.19 bits per heavy atom. The molecule has 1 amide bonds. The molecule has 0 aliphatic rings. The maximum atomic E-state index is 12.5. The minimum Gasteiger partial charge on any atom is -0.394 e. The number of carbonyl (C=O) groups excluding carboxylic acids is 1. The van der Waals surface area contributed by atoms with Gasteiger partial charge in [-0.2, -0.15) is 0 Å². The molecule has 0 aliphatic carbocycles. The van der Waals surface area contributed by atoms with Crippen LogP contribution in [-0.4, -0.2) is 46.1 Å². The lowest BCUT2D eigenvalue weighted by atomic mass is 10.0. The van der Waals surface area contributed by atoms with E-state index in [1.54, 1.807) is 6.08 Å². The van der Waals surface area contributed by atoms with E-state index < -0.39 is 18.2 Å². The molecule has 3 atom stereocenters. The summed E-state index contributed by atoms with van der Waals surface area (Å²) in [5, 5.41) is 33.3.